The predicted octanol–water partition coefficient (Wildman–Crippen LogP) is 1.30. The van der Waals surface area contributed by atoms with Crippen LogP contribution in [-0.4, -0.2) is 18.2 Å². The Kier molecular flexibility index (Phi) is 3.14. The van der Waals surface area contributed by atoms with E-state index in [4.69, 9.17) is 16.3 Å². The summed E-state index contributed by atoms with van der Waals surface area (Å²) in [5, 5.41) is 8.61. The molecule has 1 aromatic rings. The molecular formula is C11H10O3. The predicted molar refractivity (Wildman–Crippen MR) is 52.3 cm³/mol. The van der Waals surface area contributed by atoms with Gasteiger partial charge in [-0.15, -0.1) is 6.42 Å². The summed E-state index contributed by atoms with van der Waals surface area (Å²) in [6.07, 6.45) is 5.19. The van der Waals surface area contributed by atoms with E-state index in [2.05, 4.69) is 5.92 Å². The lowest BCUT2D eigenvalue weighted by Crippen LogP contribution is -2.02. The minimum atomic E-state index is -0.897. The van der Waals surface area contributed by atoms with E-state index in [0.717, 1.165) is 0 Å². The molecule has 0 saturated carbocycles. The zero-order chi connectivity index (χ0) is 10.6. The molecule has 0 aromatic heterocycles. The highest BCUT2D eigenvalue weighted by atomic mass is 16.5. The first-order chi connectivity index (χ1) is 6.67. The van der Waals surface area contributed by atoms with Crippen LogP contribution in [0.3, 0.4) is 0 Å². The van der Waals surface area contributed by atoms with Gasteiger partial charge in [-0.05, 0) is 17.7 Å². The van der Waals surface area contributed by atoms with Crippen molar-refractivity contribution in [3.05, 3.63) is 29.3 Å². The smallest absolute Gasteiger partial charge is 0.307 e. The van der Waals surface area contributed by atoms with E-state index in [1.54, 1.807) is 18.2 Å². The molecule has 1 rings (SSSR count). The van der Waals surface area contributed by atoms with Gasteiger partial charge in [0.15, 0.2) is 0 Å². The molecule has 14 heavy (non-hydrogen) atoms. The third-order valence-electron chi connectivity index (χ3n) is 1.81. The number of carboxylic acids is 1. The number of carboxylic acid groups (broad SMARTS) is 1. The Labute approximate surface area is 82.3 Å². The molecular weight excluding hydrogens is 180 g/mol. The number of ether oxygens (including phenoxy) is 1. The number of aliphatic carboxylic acids is 1. The van der Waals surface area contributed by atoms with Crippen LogP contribution in [-0.2, 0) is 11.2 Å². The first kappa shape index (κ1) is 10.1. The van der Waals surface area contributed by atoms with Crippen molar-refractivity contribution in [2.45, 2.75) is 6.42 Å². The van der Waals surface area contributed by atoms with Crippen LogP contribution >= 0.6 is 0 Å². The van der Waals surface area contributed by atoms with Gasteiger partial charge in [-0.2, -0.15) is 0 Å². The maximum Gasteiger partial charge on any atom is 0.307 e. The van der Waals surface area contributed by atoms with Gasteiger partial charge >= 0.3 is 5.97 Å². The minimum absolute atomic E-state index is 0.0659. The largest absolute Gasteiger partial charge is 0.497 e. The number of carbonyl (C=O) groups is 1. The third-order valence-corrected chi connectivity index (χ3v) is 1.81. The molecule has 0 spiro atoms. The molecule has 0 atom stereocenters. The molecule has 0 fully saturated rings. The van der Waals surface area contributed by atoms with Crippen molar-refractivity contribution in [2.75, 3.05) is 7.11 Å². The second-order valence-electron chi connectivity index (χ2n) is 2.74. The lowest BCUT2D eigenvalue weighted by molar-refractivity contribution is -0.136. The monoisotopic (exact) mass is 190 g/mol. The summed E-state index contributed by atoms with van der Waals surface area (Å²) in [4.78, 5) is 10.5. The lowest BCUT2D eigenvalue weighted by atomic mass is 10.0. The Bertz CT molecular complexity index is 388. The molecule has 0 aliphatic rings. The van der Waals surface area contributed by atoms with Crippen LogP contribution in [0.5, 0.6) is 5.75 Å². The second kappa shape index (κ2) is 4.33. The number of methoxy groups -OCH3 is 1. The van der Waals surface area contributed by atoms with E-state index < -0.39 is 5.97 Å². The van der Waals surface area contributed by atoms with Crippen molar-refractivity contribution < 1.29 is 14.6 Å². The zero-order valence-electron chi connectivity index (χ0n) is 7.78. The summed E-state index contributed by atoms with van der Waals surface area (Å²) in [6, 6.07) is 5.01. The zero-order valence-corrected chi connectivity index (χ0v) is 7.78. The molecule has 3 heteroatoms. The fraction of sp³-hybridized carbons (Fsp3) is 0.182. The average Bonchev–Trinajstić information content (AvgIpc) is 2.17. The molecule has 0 bridgehead atoms. The Morgan fingerprint density at radius 2 is 2.36 bits per heavy atom. The molecule has 3 nitrogen and oxygen atoms in total. The fourth-order valence-corrected chi connectivity index (χ4v) is 1.13. The summed E-state index contributed by atoms with van der Waals surface area (Å²) < 4.78 is 4.97. The van der Waals surface area contributed by atoms with Crippen LogP contribution in [0.4, 0.5) is 0 Å². The maximum absolute atomic E-state index is 10.5. The highest BCUT2D eigenvalue weighted by Crippen LogP contribution is 2.17. The highest BCUT2D eigenvalue weighted by molar-refractivity contribution is 5.71. The van der Waals surface area contributed by atoms with Gasteiger partial charge in [0.2, 0.25) is 0 Å². The Morgan fingerprint density at radius 1 is 1.64 bits per heavy atom. The van der Waals surface area contributed by atoms with E-state index in [-0.39, 0.29) is 6.42 Å². The van der Waals surface area contributed by atoms with E-state index >= 15 is 0 Å². The molecule has 0 amide bonds. The average molecular weight is 190 g/mol. The van der Waals surface area contributed by atoms with Crippen LogP contribution in [0.1, 0.15) is 11.1 Å². The summed E-state index contributed by atoms with van der Waals surface area (Å²) in [5.74, 6) is 2.17. The molecule has 0 unspecified atom stereocenters. The summed E-state index contributed by atoms with van der Waals surface area (Å²) in [5.41, 5.74) is 1.19. The minimum Gasteiger partial charge on any atom is -0.497 e. The number of hydrogen-bond acceptors (Lipinski definition) is 2. The molecule has 72 valence electrons. The van der Waals surface area contributed by atoms with Crippen LogP contribution in [0, 0.1) is 12.3 Å². The van der Waals surface area contributed by atoms with Crippen molar-refractivity contribution in [3.8, 4) is 18.1 Å². The van der Waals surface area contributed by atoms with Gasteiger partial charge in [0, 0.05) is 5.56 Å². The quantitative estimate of drug-likeness (QED) is 0.731. The molecule has 1 N–H and O–H groups in total. The van der Waals surface area contributed by atoms with Gasteiger partial charge in [0.25, 0.3) is 0 Å². The van der Waals surface area contributed by atoms with Crippen molar-refractivity contribution in [1.82, 2.24) is 0 Å². The van der Waals surface area contributed by atoms with E-state index in [9.17, 15) is 4.79 Å². The van der Waals surface area contributed by atoms with Crippen molar-refractivity contribution in [1.29, 1.82) is 0 Å². The summed E-state index contributed by atoms with van der Waals surface area (Å²) in [6.45, 7) is 0. The number of hydrogen-bond donors (Lipinski definition) is 1. The topological polar surface area (TPSA) is 46.5 Å². The van der Waals surface area contributed by atoms with Crippen LogP contribution in [0.15, 0.2) is 18.2 Å². The number of terminal acetylenes is 1. The van der Waals surface area contributed by atoms with E-state index in [1.165, 1.54) is 7.11 Å². The van der Waals surface area contributed by atoms with Gasteiger partial charge in [-0.25, -0.2) is 0 Å². The molecule has 0 saturated heterocycles. The lowest BCUT2D eigenvalue weighted by Gasteiger charge is -2.04. The molecule has 0 aliphatic carbocycles. The molecule has 0 radical (unpaired) electrons. The van der Waals surface area contributed by atoms with Crippen molar-refractivity contribution in [3.63, 3.8) is 0 Å². The van der Waals surface area contributed by atoms with Crippen LogP contribution in [0.2, 0.25) is 0 Å². The van der Waals surface area contributed by atoms with Gasteiger partial charge < -0.3 is 9.84 Å². The normalized spacial score (nSPS) is 9.14. The van der Waals surface area contributed by atoms with E-state index in [0.29, 0.717) is 16.9 Å². The summed E-state index contributed by atoms with van der Waals surface area (Å²) in [7, 11) is 1.53. The first-order valence-corrected chi connectivity index (χ1v) is 4.02. The van der Waals surface area contributed by atoms with Crippen LogP contribution < -0.4 is 4.74 Å². The molecule has 0 heterocycles. The highest BCUT2D eigenvalue weighted by Gasteiger charge is 2.06. The third kappa shape index (κ3) is 2.27. The van der Waals surface area contributed by atoms with Crippen LogP contribution in [0.25, 0.3) is 0 Å². The van der Waals surface area contributed by atoms with Gasteiger partial charge in [0.05, 0.1) is 13.5 Å². The van der Waals surface area contributed by atoms with Gasteiger partial charge in [-0.1, -0.05) is 12.0 Å². The standard InChI is InChI=1S/C11H10O3/c1-3-8-6-10(14-2)5-4-9(8)7-11(12)13/h1,4-6H,7H2,2H3,(H,12,13). The molecule has 1 aromatic carbocycles. The Balaban J connectivity index is 3.07. The van der Waals surface area contributed by atoms with Crippen molar-refractivity contribution in [2.24, 2.45) is 0 Å². The van der Waals surface area contributed by atoms with E-state index in [1.807, 2.05) is 0 Å². The Morgan fingerprint density at radius 3 is 2.86 bits per heavy atom. The summed E-state index contributed by atoms with van der Waals surface area (Å²) >= 11 is 0. The fourth-order valence-electron chi connectivity index (χ4n) is 1.13. The second-order valence-corrected chi connectivity index (χ2v) is 2.74. The Hall–Kier alpha value is -1.95. The van der Waals surface area contributed by atoms with Gasteiger partial charge in [0.1, 0.15) is 5.75 Å². The van der Waals surface area contributed by atoms with Crippen molar-refractivity contribution >= 4 is 5.97 Å². The SMILES string of the molecule is C#Cc1cc(OC)ccc1CC(=O)O. The number of rotatable bonds is 3. The van der Waals surface area contributed by atoms with Gasteiger partial charge in [-0.3, -0.25) is 4.79 Å². The molecule has 0 aliphatic heterocycles. The first-order valence-electron chi connectivity index (χ1n) is 4.02. The number of benzene rings is 1. The maximum atomic E-state index is 10.5.